The van der Waals surface area contributed by atoms with Crippen LogP contribution in [0.2, 0.25) is 0 Å². The maximum atomic E-state index is 5.35. The maximum absolute atomic E-state index is 5.35. The predicted molar refractivity (Wildman–Crippen MR) is 66.3 cm³/mol. The Labute approximate surface area is 95.2 Å². The molecule has 0 aliphatic rings. The monoisotopic (exact) mass is 216 g/mol. The van der Waals surface area contributed by atoms with Crippen LogP contribution in [-0.2, 0) is 4.74 Å². The fourth-order valence-corrected chi connectivity index (χ4v) is 1.59. The van der Waals surface area contributed by atoms with Crippen molar-refractivity contribution in [2.24, 2.45) is 0 Å². The minimum Gasteiger partial charge on any atom is -0.380 e. The van der Waals surface area contributed by atoms with E-state index in [4.69, 9.17) is 4.74 Å². The van der Waals surface area contributed by atoms with E-state index in [1.165, 1.54) is 0 Å². The van der Waals surface area contributed by atoms with Crippen LogP contribution in [-0.4, -0.2) is 49.8 Å². The lowest BCUT2D eigenvalue weighted by molar-refractivity contribution is 0.125. The third-order valence-corrected chi connectivity index (χ3v) is 2.60. The largest absolute Gasteiger partial charge is 0.380 e. The van der Waals surface area contributed by atoms with Crippen LogP contribution in [0.1, 0.15) is 34.6 Å². The van der Waals surface area contributed by atoms with Crippen molar-refractivity contribution in [3.8, 4) is 0 Å². The molecule has 3 heteroatoms. The molecule has 0 aliphatic carbocycles. The van der Waals surface area contributed by atoms with Gasteiger partial charge in [0.2, 0.25) is 0 Å². The summed E-state index contributed by atoms with van der Waals surface area (Å²) in [4.78, 5) is 2.46. The molecule has 0 radical (unpaired) electrons. The van der Waals surface area contributed by atoms with Gasteiger partial charge in [-0.15, -0.1) is 0 Å². The third-order valence-electron chi connectivity index (χ3n) is 2.60. The van der Waals surface area contributed by atoms with Crippen molar-refractivity contribution in [1.82, 2.24) is 10.2 Å². The molecule has 0 aromatic heterocycles. The molecular weight excluding hydrogens is 188 g/mol. The molecule has 1 atom stereocenters. The molecule has 1 unspecified atom stereocenters. The molecule has 0 saturated heterocycles. The smallest absolute Gasteiger partial charge is 0.0616 e. The average molecular weight is 216 g/mol. The SMILES string of the molecule is CCOCC(C)NCCN(CC)C(C)C. The Hall–Kier alpha value is -0.120. The van der Waals surface area contributed by atoms with E-state index < -0.39 is 0 Å². The second-order valence-corrected chi connectivity index (χ2v) is 4.24. The van der Waals surface area contributed by atoms with E-state index in [9.17, 15) is 0 Å². The number of rotatable bonds is 9. The van der Waals surface area contributed by atoms with Gasteiger partial charge in [0.25, 0.3) is 0 Å². The van der Waals surface area contributed by atoms with E-state index in [1.54, 1.807) is 0 Å². The first kappa shape index (κ1) is 14.9. The summed E-state index contributed by atoms with van der Waals surface area (Å²) in [5.74, 6) is 0. The van der Waals surface area contributed by atoms with Gasteiger partial charge in [-0.3, -0.25) is 4.90 Å². The lowest BCUT2D eigenvalue weighted by Crippen LogP contribution is -2.40. The van der Waals surface area contributed by atoms with E-state index in [2.05, 4.69) is 37.9 Å². The van der Waals surface area contributed by atoms with Gasteiger partial charge in [0.15, 0.2) is 0 Å². The second kappa shape index (κ2) is 9.13. The van der Waals surface area contributed by atoms with E-state index >= 15 is 0 Å². The molecule has 0 bridgehead atoms. The van der Waals surface area contributed by atoms with E-state index in [-0.39, 0.29) is 0 Å². The van der Waals surface area contributed by atoms with Gasteiger partial charge in [-0.25, -0.2) is 0 Å². The Morgan fingerprint density at radius 2 is 1.87 bits per heavy atom. The average Bonchev–Trinajstić information content (AvgIpc) is 2.20. The van der Waals surface area contributed by atoms with Gasteiger partial charge in [-0.2, -0.15) is 0 Å². The molecule has 0 saturated carbocycles. The zero-order valence-electron chi connectivity index (χ0n) is 11.0. The van der Waals surface area contributed by atoms with Crippen LogP contribution in [0.4, 0.5) is 0 Å². The van der Waals surface area contributed by atoms with Crippen LogP contribution < -0.4 is 5.32 Å². The third kappa shape index (κ3) is 7.77. The normalized spacial score (nSPS) is 13.8. The number of hydrogen-bond donors (Lipinski definition) is 1. The quantitative estimate of drug-likeness (QED) is 0.635. The fourth-order valence-electron chi connectivity index (χ4n) is 1.59. The highest BCUT2D eigenvalue weighted by Crippen LogP contribution is 1.95. The Morgan fingerprint density at radius 1 is 1.20 bits per heavy atom. The Morgan fingerprint density at radius 3 is 2.33 bits per heavy atom. The molecule has 3 nitrogen and oxygen atoms in total. The Balaban J connectivity index is 3.50. The maximum Gasteiger partial charge on any atom is 0.0616 e. The van der Waals surface area contributed by atoms with Crippen molar-refractivity contribution in [3.05, 3.63) is 0 Å². The second-order valence-electron chi connectivity index (χ2n) is 4.24. The van der Waals surface area contributed by atoms with Gasteiger partial charge in [-0.1, -0.05) is 6.92 Å². The van der Waals surface area contributed by atoms with Crippen LogP contribution in [0.5, 0.6) is 0 Å². The molecular formula is C12H28N2O. The molecule has 0 rings (SSSR count). The first-order valence-corrected chi connectivity index (χ1v) is 6.16. The lowest BCUT2D eigenvalue weighted by atomic mass is 10.3. The first-order valence-electron chi connectivity index (χ1n) is 6.16. The zero-order chi connectivity index (χ0) is 11.7. The Kier molecular flexibility index (Phi) is 9.06. The van der Waals surface area contributed by atoms with Crippen LogP contribution >= 0.6 is 0 Å². The summed E-state index contributed by atoms with van der Waals surface area (Å²) < 4.78 is 5.35. The molecule has 0 aliphatic heterocycles. The Bertz CT molecular complexity index is 140. The first-order chi connectivity index (χ1) is 7.11. The summed E-state index contributed by atoms with van der Waals surface area (Å²) in [6.45, 7) is 15.8. The number of likely N-dealkylation sites (N-methyl/N-ethyl adjacent to an activating group) is 1. The van der Waals surface area contributed by atoms with E-state index in [0.717, 1.165) is 32.8 Å². The van der Waals surface area contributed by atoms with Crippen LogP contribution in [0.15, 0.2) is 0 Å². The summed E-state index contributed by atoms with van der Waals surface area (Å²) in [6.07, 6.45) is 0. The van der Waals surface area contributed by atoms with Gasteiger partial charge >= 0.3 is 0 Å². The summed E-state index contributed by atoms with van der Waals surface area (Å²) >= 11 is 0. The topological polar surface area (TPSA) is 24.5 Å². The minimum absolute atomic E-state index is 0.454. The molecule has 92 valence electrons. The number of nitrogens with one attached hydrogen (secondary N) is 1. The van der Waals surface area contributed by atoms with Crippen LogP contribution in [0.25, 0.3) is 0 Å². The van der Waals surface area contributed by atoms with Gasteiger partial charge in [0.1, 0.15) is 0 Å². The van der Waals surface area contributed by atoms with Crippen molar-refractivity contribution < 1.29 is 4.74 Å². The molecule has 1 N–H and O–H groups in total. The summed E-state index contributed by atoms with van der Waals surface area (Å²) in [7, 11) is 0. The molecule has 15 heavy (non-hydrogen) atoms. The fraction of sp³-hybridized carbons (Fsp3) is 1.00. The number of nitrogens with zero attached hydrogens (tertiary/aromatic N) is 1. The van der Waals surface area contributed by atoms with Crippen molar-refractivity contribution in [2.45, 2.75) is 46.7 Å². The highest BCUT2D eigenvalue weighted by Gasteiger charge is 2.07. The number of ether oxygens (including phenoxy) is 1. The lowest BCUT2D eigenvalue weighted by Gasteiger charge is -2.25. The highest BCUT2D eigenvalue weighted by molar-refractivity contribution is 4.65. The molecule has 0 aromatic rings. The van der Waals surface area contributed by atoms with Crippen molar-refractivity contribution in [2.75, 3.05) is 32.8 Å². The predicted octanol–water partition coefficient (Wildman–Crippen LogP) is 1.73. The molecule has 0 aromatic carbocycles. The standard InChI is InChI=1S/C12H28N2O/c1-6-14(11(3)4)9-8-13-12(5)10-15-7-2/h11-13H,6-10H2,1-5H3. The molecule has 0 amide bonds. The summed E-state index contributed by atoms with van der Waals surface area (Å²) in [5, 5.41) is 3.47. The summed E-state index contributed by atoms with van der Waals surface area (Å²) in [5.41, 5.74) is 0. The van der Waals surface area contributed by atoms with Gasteiger partial charge < -0.3 is 10.1 Å². The number of hydrogen-bond acceptors (Lipinski definition) is 3. The molecule has 0 heterocycles. The molecule has 0 fully saturated rings. The van der Waals surface area contributed by atoms with Crippen molar-refractivity contribution in [3.63, 3.8) is 0 Å². The molecule has 0 spiro atoms. The highest BCUT2D eigenvalue weighted by atomic mass is 16.5. The van der Waals surface area contributed by atoms with E-state index in [0.29, 0.717) is 12.1 Å². The van der Waals surface area contributed by atoms with E-state index in [1.807, 2.05) is 6.92 Å². The summed E-state index contributed by atoms with van der Waals surface area (Å²) in [6, 6.07) is 1.09. The van der Waals surface area contributed by atoms with Crippen LogP contribution in [0.3, 0.4) is 0 Å². The zero-order valence-corrected chi connectivity index (χ0v) is 11.0. The van der Waals surface area contributed by atoms with Gasteiger partial charge in [0.05, 0.1) is 6.61 Å². The van der Waals surface area contributed by atoms with Crippen molar-refractivity contribution >= 4 is 0 Å². The van der Waals surface area contributed by atoms with Crippen molar-refractivity contribution in [1.29, 1.82) is 0 Å². The van der Waals surface area contributed by atoms with Gasteiger partial charge in [0, 0.05) is 31.8 Å². The van der Waals surface area contributed by atoms with Crippen LogP contribution in [0, 0.1) is 0 Å². The van der Waals surface area contributed by atoms with Gasteiger partial charge in [-0.05, 0) is 34.2 Å². The minimum atomic E-state index is 0.454.